The molecule has 2 atom stereocenters. The molecule has 26 heavy (non-hydrogen) atoms. The maximum Gasteiger partial charge on any atom is 0.191 e. The molecule has 0 radical (unpaired) electrons. The van der Waals surface area contributed by atoms with Crippen LogP contribution in [-0.2, 0) is 0 Å². The van der Waals surface area contributed by atoms with Crippen LogP contribution in [0.15, 0.2) is 35.3 Å². The number of thiophene rings is 1. The zero-order valence-corrected chi connectivity index (χ0v) is 16.6. The van der Waals surface area contributed by atoms with E-state index in [-0.39, 0.29) is 0 Å². The molecule has 3 N–H and O–H groups in total. The van der Waals surface area contributed by atoms with Crippen LogP contribution in [0, 0.1) is 5.92 Å². The molecule has 6 heteroatoms. The number of fused-ring (bicyclic) bond motifs is 1. The summed E-state index contributed by atoms with van der Waals surface area (Å²) in [5.74, 6) is 1.45. The third kappa shape index (κ3) is 5.19. The Labute approximate surface area is 160 Å². The summed E-state index contributed by atoms with van der Waals surface area (Å²) in [6, 6.07) is 10.3. The van der Waals surface area contributed by atoms with Crippen LogP contribution in [0.25, 0.3) is 10.1 Å². The van der Waals surface area contributed by atoms with Gasteiger partial charge in [0, 0.05) is 29.2 Å². The first-order valence-electron chi connectivity index (χ1n) is 9.53. The summed E-state index contributed by atoms with van der Waals surface area (Å²) in [5.41, 5.74) is 0. The van der Waals surface area contributed by atoms with E-state index >= 15 is 0 Å². The van der Waals surface area contributed by atoms with Crippen molar-refractivity contribution in [3.8, 4) is 0 Å². The zero-order valence-electron chi connectivity index (χ0n) is 15.7. The van der Waals surface area contributed by atoms with Gasteiger partial charge >= 0.3 is 0 Å². The average Bonchev–Trinajstić information content (AvgIpc) is 3.08. The molecule has 0 aliphatic carbocycles. The predicted octanol–water partition coefficient (Wildman–Crippen LogP) is 2.83. The number of likely N-dealkylation sites (tertiary alicyclic amines) is 1. The Hall–Kier alpha value is -1.63. The molecule has 2 unspecified atom stereocenters. The molecule has 1 aliphatic rings. The third-order valence-electron chi connectivity index (χ3n) is 4.82. The highest BCUT2D eigenvalue weighted by molar-refractivity contribution is 7.19. The number of aliphatic hydroxyl groups is 1. The van der Waals surface area contributed by atoms with Crippen molar-refractivity contribution >= 4 is 27.4 Å². The number of benzene rings is 1. The van der Waals surface area contributed by atoms with E-state index in [9.17, 15) is 5.11 Å². The minimum Gasteiger partial charge on any atom is -0.386 e. The van der Waals surface area contributed by atoms with Gasteiger partial charge in [0.25, 0.3) is 0 Å². The van der Waals surface area contributed by atoms with E-state index in [4.69, 9.17) is 0 Å². The van der Waals surface area contributed by atoms with Crippen LogP contribution in [0.1, 0.15) is 30.7 Å². The Morgan fingerprint density at radius 3 is 3.00 bits per heavy atom. The largest absolute Gasteiger partial charge is 0.386 e. The number of piperidine rings is 1. The summed E-state index contributed by atoms with van der Waals surface area (Å²) in [4.78, 5) is 7.97. The summed E-state index contributed by atoms with van der Waals surface area (Å²) >= 11 is 1.64. The van der Waals surface area contributed by atoms with Gasteiger partial charge in [-0.05, 0) is 56.8 Å². The first-order chi connectivity index (χ1) is 12.7. The van der Waals surface area contributed by atoms with Gasteiger partial charge in [-0.15, -0.1) is 11.3 Å². The van der Waals surface area contributed by atoms with E-state index in [0.29, 0.717) is 12.5 Å². The van der Waals surface area contributed by atoms with E-state index in [1.807, 2.05) is 12.1 Å². The molecule has 1 aliphatic heterocycles. The number of nitrogens with one attached hydrogen (secondary N) is 2. The van der Waals surface area contributed by atoms with Crippen molar-refractivity contribution in [2.24, 2.45) is 10.9 Å². The lowest BCUT2D eigenvalue weighted by Crippen LogP contribution is -2.43. The number of guanidine groups is 1. The predicted molar refractivity (Wildman–Crippen MR) is 111 cm³/mol. The molecular formula is C20H30N4OS. The highest BCUT2D eigenvalue weighted by Crippen LogP contribution is 2.29. The third-order valence-corrected chi connectivity index (χ3v) is 6.04. The standard InChI is InChI=1S/C20H30N4OS/c1-3-21-20(22-12-15-7-6-10-24(2)14-15)23-13-17(25)19-11-16-8-4-5-9-18(16)26-19/h4-5,8-9,11,15,17,25H,3,6-7,10,12-14H2,1-2H3,(H2,21,22,23). The molecule has 1 aromatic carbocycles. The van der Waals surface area contributed by atoms with Gasteiger partial charge in [0.2, 0.25) is 0 Å². The van der Waals surface area contributed by atoms with Crippen molar-refractivity contribution < 1.29 is 5.11 Å². The van der Waals surface area contributed by atoms with Crippen molar-refractivity contribution in [3.63, 3.8) is 0 Å². The van der Waals surface area contributed by atoms with E-state index in [0.717, 1.165) is 30.5 Å². The van der Waals surface area contributed by atoms with Crippen LogP contribution in [0.4, 0.5) is 0 Å². The van der Waals surface area contributed by atoms with Gasteiger partial charge in [-0.1, -0.05) is 18.2 Å². The number of aliphatic imine (C=N–C) groups is 1. The van der Waals surface area contributed by atoms with Gasteiger partial charge in [0.05, 0.1) is 6.54 Å². The second-order valence-corrected chi connectivity index (χ2v) is 8.19. The smallest absolute Gasteiger partial charge is 0.191 e. The quantitative estimate of drug-likeness (QED) is 0.538. The lowest BCUT2D eigenvalue weighted by atomic mass is 9.99. The molecule has 5 nitrogen and oxygen atoms in total. The Morgan fingerprint density at radius 2 is 2.23 bits per heavy atom. The maximum atomic E-state index is 10.5. The zero-order chi connectivity index (χ0) is 18.4. The van der Waals surface area contributed by atoms with E-state index < -0.39 is 6.10 Å². The SMILES string of the molecule is CCNC(=NCC(O)c1cc2ccccc2s1)NCC1CCCN(C)C1. The Morgan fingerprint density at radius 1 is 1.38 bits per heavy atom. The molecule has 0 amide bonds. The number of hydrogen-bond donors (Lipinski definition) is 3. The van der Waals surface area contributed by atoms with E-state index in [1.54, 1.807) is 11.3 Å². The van der Waals surface area contributed by atoms with Crippen molar-refractivity contribution in [1.29, 1.82) is 0 Å². The fraction of sp³-hybridized carbons (Fsp3) is 0.550. The molecular weight excluding hydrogens is 344 g/mol. The number of hydrogen-bond acceptors (Lipinski definition) is 4. The Bertz CT molecular complexity index is 696. The van der Waals surface area contributed by atoms with E-state index in [1.165, 1.54) is 29.5 Å². The van der Waals surface area contributed by atoms with E-state index in [2.05, 4.69) is 52.7 Å². The lowest BCUT2D eigenvalue weighted by Gasteiger charge is -2.30. The second kappa shape index (κ2) is 9.35. The molecule has 3 rings (SSSR count). The minimum atomic E-state index is -0.566. The van der Waals surface area contributed by atoms with Crippen LogP contribution < -0.4 is 10.6 Å². The molecule has 2 aromatic rings. The van der Waals surface area contributed by atoms with Crippen molar-refractivity contribution in [2.45, 2.75) is 25.9 Å². The molecule has 1 saturated heterocycles. The summed E-state index contributed by atoms with van der Waals surface area (Å²) in [7, 11) is 2.19. The van der Waals surface area contributed by atoms with Gasteiger partial charge in [-0.3, -0.25) is 4.99 Å². The van der Waals surface area contributed by atoms with Crippen molar-refractivity contribution in [3.05, 3.63) is 35.2 Å². The molecule has 0 spiro atoms. The fourth-order valence-electron chi connectivity index (χ4n) is 3.46. The molecule has 142 valence electrons. The first kappa shape index (κ1) is 19.1. The van der Waals surface area contributed by atoms with Crippen molar-refractivity contribution in [1.82, 2.24) is 15.5 Å². The summed E-state index contributed by atoms with van der Waals surface area (Å²) < 4.78 is 1.21. The lowest BCUT2D eigenvalue weighted by molar-refractivity contribution is 0.191. The van der Waals surface area contributed by atoms with Gasteiger partial charge in [-0.25, -0.2) is 0 Å². The maximum absolute atomic E-state index is 10.5. The highest BCUT2D eigenvalue weighted by atomic mass is 32.1. The summed E-state index contributed by atoms with van der Waals surface area (Å²) in [6.45, 7) is 6.51. The van der Waals surface area contributed by atoms with Crippen molar-refractivity contribution in [2.75, 3.05) is 39.8 Å². The first-order valence-corrected chi connectivity index (χ1v) is 10.3. The Kier molecular flexibility index (Phi) is 6.88. The van der Waals surface area contributed by atoms with Crippen LogP contribution in [0.3, 0.4) is 0 Å². The molecule has 2 heterocycles. The van der Waals surface area contributed by atoms with Gasteiger partial charge < -0.3 is 20.6 Å². The average molecular weight is 375 g/mol. The molecule has 1 aromatic heterocycles. The van der Waals surface area contributed by atoms with Crippen LogP contribution in [-0.4, -0.2) is 55.7 Å². The van der Waals surface area contributed by atoms with Gasteiger partial charge in [0.15, 0.2) is 5.96 Å². The minimum absolute atomic E-state index is 0.368. The molecule has 1 fully saturated rings. The fourth-order valence-corrected chi connectivity index (χ4v) is 4.50. The normalized spacial score (nSPS) is 20.3. The summed E-state index contributed by atoms with van der Waals surface area (Å²) in [5, 5.41) is 18.4. The number of nitrogens with zero attached hydrogens (tertiary/aromatic N) is 2. The number of rotatable bonds is 6. The van der Waals surface area contributed by atoms with Gasteiger partial charge in [-0.2, -0.15) is 0 Å². The number of aliphatic hydroxyl groups excluding tert-OH is 1. The Balaban J connectivity index is 1.57. The summed E-state index contributed by atoms with van der Waals surface area (Å²) in [6.07, 6.45) is 1.96. The van der Waals surface area contributed by atoms with Crippen LogP contribution in [0.5, 0.6) is 0 Å². The molecule has 0 saturated carbocycles. The second-order valence-electron chi connectivity index (χ2n) is 7.07. The van der Waals surface area contributed by atoms with Crippen LogP contribution in [0.2, 0.25) is 0 Å². The highest BCUT2D eigenvalue weighted by Gasteiger charge is 2.17. The van der Waals surface area contributed by atoms with Crippen LogP contribution >= 0.6 is 11.3 Å². The molecule has 0 bridgehead atoms. The monoisotopic (exact) mass is 374 g/mol. The topological polar surface area (TPSA) is 59.9 Å². The van der Waals surface area contributed by atoms with Gasteiger partial charge in [0.1, 0.15) is 6.10 Å².